The standard InChI is InChI=1S/C8H14N8/c1-3-9-4-8-10-6-11-16(8)5-7-12-14-15(2)13-7/h6,9H,3-5H2,1-2H3. The average molecular weight is 222 g/mol. The van der Waals surface area contributed by atoms with Gasteiger partial charge in [-0.25, -0.2) is 9.67 Å². The molecular formula is C8H14N8. The van der Waals surface area contributed by atoms with Crippen LogP contribution in [0.5, 0.6) is 0 Å². The molecule has 2 aromatic rings. The van der Waals surface area contributed by atoms with E-state index >= 15 is 0 Å². The Labute approximate surface area is 92.7 Å². The first kappa shape index (κ1) is 10.7. The van der Waals surface area contributed by atoms with Crippen LogP contribution in [0.15, 0.2) is 6.33 Å². The highest BCUT2D eigenvalue weighted by Gasteiger charge is 2.07. The summed E-state index contributed by atoms with van der Waals surface area (Å²) in [6.45, 7) is 4.13. The van der Waals surface area contributed by atoms with Gasteiger partial charge in [0.1, 0.15) is 18.7 Å². The SMILES string of the molecule is CCNCc1ncnn1Cc1nnn(C)n1. The molecule has 0 amide bonds. The lowest BCUT2D eigenvalue weighted by atomic mass is 10.5. The van der Waals surface area contributed by atoms with Crippen LogP contribution in [-0.4, -0.2) is 41.5 Å². The molecule has 0 fully saturated rings. The van der Waals surface area contributed by atoms with Gasteiger partial charge in [0.25, 0.3) is 0 Å². The highest BCUT2D eigenvalue weighted by atomic mass is 15.6. The van der Waals surface area contributed by atoms with Crippen molar-refractivity contribution in [2.24, 2.45) is 7.05 Å². The van der Waals surface area contributed by atoms with Crippen LogP contribution in [0.25, 0.3) is 0 Å². The molecule has 0 saturated heterocycles. The van der Waals surface area contributed by atoms with E-state index in [0.29, 0.717) is 18.9 Å². The van der Waals surface area contributed by atoms with Crippen molar-refractivity contribution in [3.8, 4) is 0 Å². The first-order valence-corrected chi connectivity index (χ1v) is 5.10. The van der Waals surface area contributed by atoms with E-state index in [1.165, 1.54) is 11.1 Å². The Balaban J connectivity index is 2.06. The number of tetrazole rings is 1. The van der Waals surface area contributed by atoms with Crippen molar-refractivity contribution in [3.05, 3.63) is 18.0 Å². The van der Waals surface area contributed by atoms with E-state index in [9.17, 15) is 0 Å². The summed E-state index contributed by atoms with van der Waals surface area (Å²) in [5.41, 5.74) is 0. The van der Waals surface area contributed by atoms with E-state index < -0.39 is 0 Å². The van der Waals surface area contributed by atoms with Crippen LogP contribution < -0.4 is 5.32 Å². The second kappa shape index (κ2) is 4.79. The van der Waals surface area contributed by atoms with E-state index in [1.54, 1.807) is 11.7 Å². The zero-order valence-electron chi connectivity index (χ0n) is 9.33. The molecule has 2 heterocycles. The average Bonchev–Trinajstić information content (AvgIpc) is 2.86. The molecule has 16 heavy (non-hydrogen) atoms. The molecule has 86 valence electrons. The molecule has 1 N–H and O–H groups in total. The maximum Gasteiger partial charge on any atom is 0.196 e. The summed E-state index contributed by atoms with van der Waals surface area (Å²) < 4.78 is 1.76. The highest BCUT2D eigenvalue weighted by Crippen LogP contribution is 1.97. The molecule has 0 saturated carbocycles. The van der Waals surface area contributed by atoms with Crippen LogP contribution in [0.4, 0.5) is 0 Å². The normalized spacial score (nSPS) is 10.9. The zero-order valence-corrected chi connectivity index (χ0v) is 9.33. The maximum atomic E-state index is 4.16. The molecule has 8 heteroatoms. The number of hydrogen-bond acceptors (Lipinski definition) is 6. The lowest BCUT2D eigenvalue weighted by Gasteiger charge is -2.03. The summed E-state index contributed by atoms with van der Waals surface area (Å²) in [5, 5.41) is 19.1. The fraction of sp³-hybridized carbons (Fsp3) is 0.625. The van der Waals surface area contributed by atoms with Gasteiger partial charge in [0, 0.05) is 0 Å². The van der Waals surface area contributed by atoms with Gasteiger partial charge in [-0.2, -0.15) is 9.90 Å². The van der Waals surface area contributed by atoms with Crippen LogP contribution >= 0.6 is 0 Å². The van der Waals surface area contributed by atoms with Gasteiger partial charge in [-0.1, -0.05) is 6.92 Å². The fourth-order valence-corrected chi connectivity index (χ4v) is 1.31. The minimum atomic E-state index is 0.495. The van der Waals surface area contributed by atoms with Crippen LogP contribution in [0.2, 0.25) is 0 Å². The van der Waals surface area contributed by atoms with Gasteiger partial charge in [0.15, 0.2) is 5.82 Å². The second-order valence-electron chi connectivity index (χ2n) is 3.31. The molecule has 0 aromatic carbocycles. The van der Waals surface area contributed by atoms with Crippen molar-refractivity contribution in [2.45, 2.75) is 20.0 Å². The molecule has 2 aromatic heterocycles. The Morgan fingerprint density at radius 2 is 2.31 bits per heavy atom. The van der Waals surface area contributed by atoms with Gasteiger partial charge in [-0.3, -0.25) is 0 Å². The molecule has 2 rings (SSSR count). The quantitative estimate of drug-likeness (QED) is 0.695. The number of nitrogens with zero attached hydrogens (tertiary/aromatic N) is 7. The molecule has 8 nitrogen and oxygen atoms in total. The summed E-state index contributed by atoms with van der Waals surface area (Å²) in [7, 11) is 1.73. The molecule has 0 aliphatic rings. The van der Waals surface area contributed by atoms with E-state index in [0.717, 1.165) is 12.4 Å². The van der Waals surface area contributed by atoms with Crippen molar-refractivity contribution in [2.75, 3.05) is 6.54 Å². The molecule has 0 unspecified atom stereocenters. The van der Waals surface area contributed by atoms with Crippen LogP contribution in [0, 0.1) is 0 Å². The maximum absolute atomic E-state index is 4.16. The van der Waals surface area contributed by atoms with Crippen LogP contribution in [0.1, 0.15) is 18.6 Å². The number of hydrogen-bond donors (Lipinski definition) is 1. The molecule has 0 spiro atoms. The largest absolute Gasteiger partial charge is 0.310 e. The van der Waals surface area contributed by atoms with Gasteiger partial charge in [-0.15, -0.1) is 10.2 Å². The Hall–Kier alpha value is -1.83. The van der Waals surface area contributed by atoms with Crippen molar-refractivity contribution < 1.29 is 0 Å². The third kappa shape index (κ3) is 2.40. The first-order valence-electron chi connectivity index (χ1n) is 5.10. The molecule has 0 bridgehead atoms. The van der Waals surface area contributed by atoms with E-state index in [-0.39, 0.29) is 0 Å². The number of nitrogens with one attached hydrogen (secondary N) is 1. The Morgan fingerprint density at radius 1 is 1.44 bits per heavy atom. The summed E-state index contributed by atoms with van der Waals surface area (Å²) in [6, 6.07) is 0. The third-order valence-corrected chi connectivity index (χ3v) is 2.07. The molecule has 0 radical (unpaired) electrons. The van der Waals surface area contributed by atoms with E-state index in [1.807, 2.05) is 6.92 Å². The monoisotopic (exact) mass is 222 g/mol. The zero-order chi connectivity index (χ0) is 11.4. The van der Waals surface area contributed by atoms with E-state index in [4.69, 9.17) is 0 Å². The molecule has 0 aliphatic heterocycles. The van der Waals surface area contributed by atoms with Crippen molar-refractivity contribution >= 4 is 0 Å². The van der Waals surface area contributed by atoms with Gasteiger partial charge in [0.05, 0.1) is 13.6 Å². The number of aryl methyl sites for hydroxylation is 1. The summed E-state index contributed by atoms with van der Waals surface area (Å²) >= 11 is 0. The van der Waals surface area contributed by atoms with Crippen LogP contribution in [0.3, 0.4) is 0 Å². The number of rotatable bonds is 5. The van der Waals surface area contributed by atoms with Gasteiger partial charge < -0.3 is 5.32 Å². The fourth-order valence-electron chi connectivity index (χ4n) is 1.31. The predicted molar refractivity (Wildman–Crippen MR) is 55.3 cm³/mol. The molecular weight excluding hydrogens is 208 g/mol. The van der Waals surface area contributed by atoms with Crippen LogP contribution in [-0.2, 0) is 20.1 Å². The molecule has 0 atom stereocenters. The third-order valence-electron chi connectivity index (χ3n) is 2.07. The molecule has 0 aliphatic carbocycles. The number of aromatic nitrogens is 7. The minimum absolute atomic E-state index is 0.495. The summed E-state index contributed by atoms with van der Waals surface area (Å²) in [6.07, 6.45) is 1.53. The van der Waals surface area contributed by atoms with Gasteiger partial charge in [-0.05, 0) is 11.8 Å². The Bertz CT molecular complexity index is 444. The second-order valence-corrected chi connectivity index (χ2v) is 3.31. The van der Waals surface area contributed by atoms with Crippen molar-refractivity contribution in [1.29, 1.82) is 0 Å². The van der Waals surface area contributed by atoms with Crippen molar-refractivity contribution in [1.82, 2.24) is 40.3 Å². The predicted octanol–water partition coefficient (Wildman–Crippen LogP) is -1.04. The van der Waals surface area contributed by atoms with E-state index in [2.05, 4.69) is 30.8 Å². The lowest BCUT2D eigenvalue weighted by molar-refractivity contribution is 0.576. The Kier molecular flexibility index (Phi) is 3.20. The minimum Gasteiger partial charge on any atom is -0.310 e. The summed E-state index contributed by atoms with van der Waals surface area (Å²) in [4.78, 5) is 5.59. The summed E-state index contributed by atoms with van der Waals surface area (Å²) in [5.74, 6) is 1.50. The smallest absolute Gasteiger partial charge is 0.196 e. The van der Waals surface area contributed by atoms with Crippen molar-refractivity contribution in [3.63, 3.8) is 0 Å². The first-order chi connectivity index (χ1) is 7.79. The topological polar surface area (TPSA) is 86.3 Å². The van der Waals surface area contributed by atoms with Gasteiger partial charge >= 0.3 is 0 Å². The highest BCUT2D eigenvalue weighted by molar-refractivity contribution is 4.88. The van der Waals surface area contributed by atoms with Gasteiger partial charge in [0.2, 0.25) is 0 Å². The Morgan fingerprint density at radius 3 is 3.00 bits per heavy atom. The lowest BCUT2D eigenvalue weighted by Crippen LogP contribution is -2.17.